The monoisotopic (exact) mass is 675 g/mol. The zero-order chi connectivity index (χ0) is 34.8. The third-order valence-corrected chi connectivity index (χ3v) is 11.4. The minimum absolute atomic E-state index is 0.0229. The van der Waals surface area contributed by atoms with E-state index >= 15 is 0 Å². The van der Waals surface area contributed by atoms with Gasteiger partial charge in [0, 0.05) is 54.5 Å². The van der Waals surface area contributed by atoms with Crippen LogP contribution in [0.4, 0.5) is 0 Å². The highest BCUT2D eigenvalue weighted by Crippen LogP contribution is 2.42. The third-order valence-electron chi connectivity index (χ3n) is 11.4. The molecule has 0 fully saturated rings. The molecule has 12 rings (SSSR count). The molecule has 0 saturated carbocycles. The van der Waals surface area contributed by atoms with E-state index in [9.17, 15) is 4.79 Å². The molecule has 4 heterocycles. The van der Waals surface area contributed by atoms with Crippen LogP contribution in [0.5, 0.6) is 0 Å². The van der Waals surface area contributed by atoms with Crippen LogP contribution in [0, 0.1) is 0 Å². The van der Waals surface area contributed by atoms with Crippen LogP contribution in [0.15, 0.2) is 181 Å². The van der Waals surface area contributed by atoms with Gasteiger partial charge in [-0.2, -0.15) is 0 Å². The molecule has 4 aromatic heterocycles. The molecule has 4 nitrogen and oxygen atoms in total. The standard InChI is InChI=1S/C49H29N3O/c53-49-39-25-24-31(29-41(39)37-20-11-19-36-34-16-5-8-22-43(34)52(49)47(36)37)30-12-10-15-33(28-30)50-44-23-9-6-18-40(44)46-45(50)27-26-38-35-17-4-7-21-42(35)51(48(38)46)32-13-2-1-3-14-32/h1-29H. The van der Waals surface area contributed by atoms with Crippen molar-refractivity contribution in [1.82, 2.24) is 13.5 Å². The van der Waals surface area contributed by atoms with E-state index in [0.29, 0.717) is 0 Å². The van der Waals surface area contributed by atoms with E-state index in [0.717, 1.165) is 71.5 Å². The summed E-state index contributed by atoms with van der Waals surface area (Å²) in [5.74, 6) is 0. The maximum Gasteiger partial charge on any atom is 0.263 e. The Morgan fingerprint density at radius 3 is 1.70 bits per heavy atom. The van der Waals surface area contributed by atoms with Gasteiger partial charge in [0.1, 0.15) is 0 Å². The molecule has 0 spiro atoms. The molecule has 0 amide bonds. The van der Waals surface area contributed by atoms with Crippen molar-refractivity contribution in [2.24, 2.45) is 0 Å². The fraction of sp³-hybridized carbons (Fsp3) is 0. The van der Waals surface area contributed by atoms with Crippen LogP contribution in [0.1, 0.15) is 0 Å². The topological polar surface area (TPSA) is 31.3 Å². The van der Waals surface area contributed by atoms with Gasteiger partial charge in [0.2, 0.25) is 0 Å². The van der Waals surface area contributed by atoms with Gasteiger partial charge in [-0.05, 0) is 77.2 Å². The fourth-order valence-electron chi connectivity index (χ4n) is 9.16. The van der Waals surface area contributed by atoms with E-state index < -0.39 is 0 Å². The number of hydrogen-bond acceptors (Lipinski definition) is 1. The highest BCUT2D eigenvalue weighted by molar-refractivity contribution is 6.26. The first kappa shape index (κ1) is 28.5. The molecule has 0 radical (unpaired) electrons. The van der Waals surface area contributed by atoms with Crippen molar-refractivity contribution in [1.29, 1.82) is 0 Å². The maximum absolute atomic E-state index is 14.1. The van der Waals surface area contributed by atoms with Crippen molar-refractivity contribution < 1.29 is 0 Å². The molecule has 0 aliphatic rings. The second-order valence-corrected chi connectivity index (χ2v) is 14.1. The van der Waals surface area contributed by atoms with Crippen molar-refractivity contribution in [3.05, 3.63) is 186 Å². The SMILES string of the molecule is O=c1c2ccc(-c3cccc(-n4c5ccccc5c5c4ccc4c6ccccc6n(-c6ccccc6)c45)c3)cc2c2cccc3c4ccccc4n1c23. The number of benzene rings is 8. The van der Waals surface area contributed by atoms with Crippen LogP contribution in [0.3, 0.4) is 0 Å². The van der Waals surface area contributed by atoms with Crippen molar-refractivity contribution >= 4 is 81.6 Å². The zero-order valence-electron chi connectivity index (χ0n) is 28.5. The average Bonchev–Trinajstić information content (AvgIpc) is 3.86. The third kappa shape index (κ3) is 3.76. The Labute approximate surface area is 302 Å². The lowest BCUT2D eigenvalue weighted by molar-refractivity contribution is 1.17. The van der Waals surface area contributed by atoms with E-state index in [1.54, 1.807) is 0 Å². The van der Waals surface area contributed by atoms with Crippen molar-refractivity contribution in [2.45, 2.75) is 0 Å². The number of fused-ring (bicyclic) bond motifs is 12. The van der Waals surface area contributed by atoms with Gasteiger partial charge in [-0.15, -0.1) is 0 Å². The van der Waals surface area contributed by atoms with E-state index in [-0.39, 0.29) is 5.56 Å². The second kappa shape index (κ2) is 10.4. The van der Waals surface area contributed by atoms with Gasteiger partial charge in [-0.25, -0.2) is 0 Å². The predicted octanol–water partition coefficient (Wildman–Crippen LogP) is 12.1. The summed E-state index contributed by atoms with van der Waals surface area (Å²) in [6.45, 7) is 0. The Kier molecular flexibility index (Phi) is 5.62. The van der Waals surface area contributed by atoms with Gasteiger partial charge in [0.15, 0.2) is 0 Å². The highest BCUT2D eigenvalue weighted by Gasteiger charge is 2.21. The lowest BCUT2D eigenvalue weighted by Gasteiger charge is -2.12. The average molecular weight is 676 g/mol. The Balaban J connectivity index is 1.11. The largest absolute Gasteiger partial charge is 0.309 e. The minimum Gasteiger partial charge on any atom is -0.309 e. The van der Waals surface area contributed by atoms with E-state index in [2.05, 4.69) is 161 Å². The van der Waals surface area contributed by atoms with E-state index in [4.69, 9.17) is 0 Å². The number of aromatic nitrogens is 3. The van der Waals surface area contributed by atoms with Crippen molar-refractivity contribution in [2.75, 3.05) is 0 Å². The summed E-state index contributed by atoms with van der Waals surface area (Å²) < 4.78 is 6.73. The van der Waals surface area contributed by atoms with Gasteiger partial charge in [-0.3, -0.25) is 9.20 Å². The Bertz CT molecular complexity index is 3530. The molecule has 0 saturated heterocycles. The van der Waals surface area contributed by atoms with Crippen LogP contribution >= 0.6 is 0 Å². The Morgan fingerprint density at radius 1 is 0.321 bits per heavy atom. The summed E-state index contributed by atoms with van der Waals surface area (Å²) in [6.07, 6.45) is 0. The number of rotatable bonds is 3. The molecular weight excluding hydrogens is 647 g/mol. The molecule has 246 valence electrons. The first-order valence-corrected chi connectivity index (χ1v) is 18.1. The van der Waals surface area contributed by atoms with Crippen molar-refractivity contribution in [3.8, 4) is 22.5 Å². The summed E-state index contributed by atoms with van der Waals surface area (Å²) in [5, 5.41) is 9.95. The van der Waals surface area contributed by atoms with Gasteiger partial charge in [0.05, 0.1) is 33.1 Å². The molecule has 0 bridgehead atoms. The van der Waals surface area contributed by atoms with Crippen molar-refractivity contribution in [3.63, 3.8) is 0 Å². The first-order valence-electron chi connectivity index (χ1n) is 18.1. The number of para-hydroxylation sites is 5. The molecule has 0 aliphatic heterocycles. The van der Waals surface area contributed by atoms with E-state index in [1.807, 2.05) is 28.7 Å². The molecule has 8 aromatic carbocycles. The molecule has 12 aromatic rings. The quantitative estimate of drug-likeness (QED) is 0.172. The maximum atomic E-state index is 14.1. The number of hydrogen-bond donors (Lipinski definition) is 0. The molecule has 0 aliphatic carbocycles. The van der Waals surface area contributed by atoms with E-state index in [1.165, 1.54) is 32.6 Å². The van der Waals surface area contributed by atoms with Gasteiger partial charge < -0.3 is 9.13 Å². The summed E-state index contributed by atoms with van der Waals surface area (Å²) in [7, 11) is 0. The Morgan fingerprint density at radius 2 is 0.887 bits per heavy atom. The Hall–Kier alpha value is -7.17. The summed E-state index contributed by atoms with van der Waals surface area (Å²) in [4.78, 5) is 14.1. The van der Waals surface area contributed by atoms with Gasteiger partial charge in [0.25, 0.3) is 5.56 Å². The summed E-state index contributed by atoms with van der Waals surface area (Å²) in [6, 6.07) is 62.5. The van der Waals surface area contributed by atoms with Crippen LogP contribution < -0.4 is 5.56 Å². The number of pyridine rings is 1. The molecule has 0 atom stereocenters. The first-order chi connectivity index (χ1) is 26.2. The van der Waals surface area contributed by atoms with Crippen LogP contribution in [-0.4, -0.2) is 13.5 Å². The van der Waals surface area contributed by atoms with Gasteiger partial charge in [-0.1, -0.05) is 115 Å². The van der Waals surface area contributed by atoms with Crippen LogP contribution in [-0.2, 0) is 0 Å². The van der Waals surface area contributed by atoms with Gasteiger partial charge >= 0.3 is 0 Å². The van der Waals surface area contributed by atoms with Crippen LogP contribution in [0.2, 0.25) is 0 Å². The summed E-state index contributed by atoms with van der Waals surface area (Å²) in [5.41, 5.74) is 11.1. The lowest BCUT2D eigenvalue weighted by atomic mass is 9.98. The van der Waals surface area contributed by atoms with Crippen LogP contribution in [0.25, 0.3) is 104 Å². The molecule has 4 heteroatoms. The molecule has 0 unspecified atom stereocenters. The highest BCUT2D eigenvalue weighted by atomic mass is 16.1. The minimum atomic E-state index is 0.0229. The zero-order valence-corrected chi connectivity index (χ0v) is 28.5. The molecule has 53 heavy (non-hydrogen) atoms. The smallest absolute Gasteiger partial charge is 0.263 e. The predicted molar refractivity (Wildman–Crippen MR) is 221 cm³/mol. The summed E-state index contributed by atoms with van der Waals surface area (Å²) >= 11 is 0. The number of nitrogens with zero attached hydrogens (tertiary/aromatic N) is 3. The lowest BCUT2D eigenvalue weighted by Crippen LogP contribution is -2.12. The second-order valence-electron chi connectivity index (χ2n) is 14.1. The fourth-order valence-corrected chi connectivity index (χ4v) is 9.16. The molecule has 0 N–H and O–H groups in total. The molecular formula is C49H29N3O. The normalized spacial score (nSPS) is 12.2.